The van der Waals surface area contributed by atoms with Crippen LogP contribution in [0.4, 0.5) is 4.79 Å². The number of carbonyl (C=O) groups is 2. The molecule has 0 bridgehead atoms. The number of hydrogen-bond acceptors (Lipinski definition) is 5. The number of nitrogens with one attached hydrogen (secondary N) is 2. The number of alkyl carbamates (subject to hydrolysis) is 1. The number of amides is 2. The summed E-state index contributed by atoms with van der Waals surface area (Å²) in [6, 6.07) is 21.4. The minimum atomic E-state index is -0.474. The lowest BCUT2D eigenvalue weighted by atomic mass is 9.93. The molecule has 1 aromatic heterocycles. The molecule has 0 unspecified atom stereocenters. The molecule has 1 saturated heterocycles. The zero-order chi connectivity index (χ0) is 24.7. The molecule has 7 nitrogen and oxygen atoms in total. The van der Waals surface area contributed by atoms with E-state index >= 15 is 0 Å². The molecular formula is C28H32N4O3. The minimum Gasteiger partial charge on any atom is -0.441 e. The van der Waals surface area contributed by atoms with Crippen LogP contribution in [0, 0.1) is 0 Å². The predicted octanol–water partition coefficient (Wildman–Crippen LogP) is 5.45. The van der Waals surface area contributed by atoms with Gasteiger partial charge in [-0.25, -0.2) is 14.8 Å². The molecule has 1 aliphatic heterocycles. The van der Waals surface area contributed by atoms with E-state index in [-0.39, 0.29) is 18.0 Å². The summed E-state index contributed by atoms with van der Waals surface area (Å²) < 4.78 is 5.17. The maximum Gasteiger partial charge on any atom is 0.408 e. The number of aromatic nitrogens is 2. The van der Waals surface area contributed by atoms with Crippen LogP contribution in [0.25, 0.3) is 11.4 Å². The second-order valence-electron chi connectivity index (χ2n) is 9.42. The van der Waals surface area contributed by atoms with Crippen LogP contribution >= 0.6 is 0 Å². The number of rotatable bonds is 4. The van der Waals surface area contributed by atoms with Gasteiger partial charge in [-0.05, 0) is 38.3 Å². The van der Waals surface area contributed by atoms with E-state index in [1.807, 2.05) is 74.5 Å². The first-order valence-electron chi connectivity index (χ1n) is 12.2. The molecular weight excluding hydrogens is 440 g/mol. The van der Waals surface area contributed by atoms with Crippen molar-refractivity contribution in [3.05, 3.63) is 84.2 Å². The van der Waals surface area contributed by atoms with Gasteiger partial charge in [-0.3, -0.25) is 4.79 Å². The van der Waals surface area contributed by atoms with Crippen LogP contribution in [-0.2, 0) is 4.74 Å². The van der Waals surface area contributed by atoms with Crippen molar-refractivity contribution in [3.8, 4) is 11.4 Å². The van der Waals surface area contributed by atoms with Gasteiger partial charge in [0.05, 0.1) is 6.04 Å². The lowest BCUT2D eigenvalue weighted by Gasteiger charge is -2.23. The molecule has 2 N–H and O–H groups in total. The van der Waals surface area contributed by atoms with Gasteiger partial charge >= 0.3 is 6.09 Å². The molecule has 1 aliphatic carbocycles. The molecule has 2 fully saturated rings. The Morgan fingerprint density at radius 1 is 0.971 bits per heavy atom. The third-order valence-corrected chi connectivity index (χ3v) is 6.31. The fourth-order valence-electron chi connectivity index (χ4n) is 4.47. The van der Waals surface area contributed by atoms with Gasteiger partial charge in [0.1, 0.15) is 11.3 Å². The van der Waals surface area contributed by atoms with Gasteiger partial charge in [0, 0.05) is 17.8 Å². The van der Waals surface area contributed by atoms with Crippen molar-refractivity contribution in [1.29, 1.82) is 0 Å². The van der Waals surface area contributed by atoms with Crippen molar-refractivity contribution in [2.75, 3.05) is 0 Å². The first-order valence-corrected chi connectivity index (χ1v) is 12.2. The molecule has 2 aromatic carbocycles. The Balaban J connectivity index is 0.000000179. The van der Waals surface area contributed by atoms with E-state index in [9.17, 15) is 9.59 Å². The number of ether oxygens (including phenoxy) is 1. The molecule has 35 heavy (non-hydrogen) atoms. The van der Waals surface area contributed by atoms with Crippen LogP contribution < -0.4 is 10.6 Å². The Labute approximate surface area is 206 Å². The van der Waals surface area contributed by atoms with Crippen LogP contribution in [0.2, 0.25) is 0 Å². The summed E-state index contributed by atoms with van der Waals surface area (Å²) in [7, 11) is 0. The number of nitrogens with zero attached hydrogens (tertiary/aromatic N) is 2. The van der Waals surface area contributed by atoms with Crippen LogP contribution in [0.1, 0.15) is 68.0 Å². The van der Waals surface area contributed by atoms with Gasteiger partial charge in [0.15, 0.2) is 5.82 Å². The van der Waals surface area contributed by atoms with Crippen molar-refractivity contribution >= 4 is 12.0 Å². The minimum absolute atomic E-state index is 0.0591. The highest BCUT2D eigenvalue weighted by molar-refractivity contribution is 5.92. The maximum atomic E-state index is 12.3. The lowest BCUT2D eigenvalue weighted by Crippen LogP contribution is -2.36. The average Bonchev–Trinajstić information content (AvgIpc) is 3.18. The fraction of sp³-hybridized carbons (Fsp3) is 0.357. The van der Waals surface area contributed by atoms with E-state index in [0.29, 0.717) is 17.6 Å². The van der Waals surface area contributed by atoms with E-state index in [4.69, 9.17) is 4.74 Å². The molecule has 1 atom stereocenters. The molecule has 0 radical (unpaired) electrons. The zero-order valence-electron chi connectivity index (χ0n) is 20.2. The van der Waals surface area contributed by atoms with Gasteiger partial charge in [-0.1, -0.05) is 79.9 Å². The van der Waals surface area contributed by atoms with Gasteiger partial charge in [0.25, 0.3) is 5.91 Å². The summed E-state index contributed by atoms with van der Waals surface area (Å²) in [5.41, 5.74) is 1.96. The summed E-state index contributed by atoms with van der Waals surface area (Å²) in [4.78, 5) is 32.0. The summed E-state index contributed by atoms with van der Waals surface area (Å²) in [5, 5.41) is 5.88. The molecule has 1 saturated carbocycles. The second-order valence-corrected chi connectivity index (χ2v) is 9.42. The Morgan fingerprint density at radius 2 is 1.63 bits per heavy atom. The molecule has 0 spiro atoms. The first-order chi connectivity index (χ1) is 16.9. The van der Waals surface area contributed by atoms with Crippen LogP contribution in [0.3, 0.4) is 0 Å². The SMILES string of the molecule is CC1(C)OC(=O)N[C@H]1c1ccccc1.O=C(NC1CCCCC1)c1ccnc(-c2ccccc2)n1. The molecule has 3 aromatic rings. The summed E-state index contributed by atoms with van der Waals surface area (Å²) in [5.74, 6) is 0.494. The quantitative estimate of drug-likeness (QED) is 0.526. The number of carbonyl (C=O) groups excluding carboxylic acids is 2. The third kappa shape index (κ3) is 6.44. The first kappa shape index (κ1) is 24.4. The fourth-order valence-corrected chi connectivity index (χ4v) is 4.47. The highest BCUT2D eigenvalue weighted by Crippen LogP contribution is 2.33. The van der Waals surface area contributed by atoms with Crippen LogP contribution in [-0.4, -0.2) is 33.6 Å². The second kappa shape index (κ2) is 11.1. The van der Waals surface area contributed by atoms with E-state index in [0.717, 1.165) is 24.0 Å². The van der Waals surface area contributed by atoms with Crippen LogP contribution in [0.15, 0.2) is 72.9 Å². The van der Waals surface area contributed by atoms with Crippen molar-refractivity contribution in [3.63, 3.8) is 0 Å². The molecule has 2 heterocycles. The van der Waals surface area contributed by atoms with Gasteiger partial charge in [-0.2, -0.15) is 0 Å². The Kier molecular flexibility index (Phi) is 7.75. The van der Waals surface area contributed by atoms with Gasteiger partial charge < -0.3 is 15.4 Å². The van der Waals surface area contributed by atoms with E-state index in [2.05, 4.69) is 20.6 Å². The van der Waals surface area contributed by atoms with Gasteiger partial charge in [-0.15, -0.1) is 0 Å². The molecule has 7 heteroatoms. The van der Waals surface area contributed by atoms with E-state index < -0.39 is 5.60 Å². The monoisotopic (exact) mass is 472 g/mol. The average molecular weight is 473 g/mol. The topological polar surface area (TPSA) is 93.2 Å². The zero-order valence-corrected chi connectivity index (χ0v) is 20.2. The predicted molar refractivity (Wildman–Crippen MR) is 135 cm³/mol. The summed E-state index contributed by atoms with van der Waals surface area (Å²) >= 11 is 0. The van der Waals surface area contributed by atoms with Crippen LogP contribution in [0.5, 0.6) is 0 Å². The number of hydrogen-bond donors (Lipinski definition) is 2. The van der Waals surface area contributed by atoms with E-state index in [1.165, 1.54) is 19.3 Å². The molecule has 5 rings (SSSR count). The Morgan fingerprint density at radius 3 is 2.26 bits per heavy atom. The third-order valence-electron chi connectivity index (χ3n) is 6.31. The molecule has 2 aliphatic rings. The molecule has 182 valence electrons. The largest absolute Gasteiger partial charge is 0.441 e. The van der Waals surface area contributed by atoms with Crippen molar-refractivity contribution in [2.24, 2.45) is 0 Å². The van der Waals surface area contributed by atoms with Crippen molar-refractivity contribution < 1.29 is 14.3 Å². The van der Waals surface area contributed by atoms with E-state index in [1.54, 1.807) is 12.3 Å². The normalized spacial score (nSPS) is 19.0. The number of cyclic esters (lactones) is 1. The smallest absolute Gasteiger partial charge is 0.408 e. The standard InChI is InChI=1S/C17H19N3O.C11H13NO2/c21-17(19-14-9-5-2-6-10-14)15-11-12-18-16(20-15)13-7-3-1-4-8-13;1-11(2)9(12-10(13)14-11)8-6-4-3-5-7-8/h1,3-4,7-8,11-12,14H,2,5-6,9-10H2,(H,19,21);3-7,9H,1-2H3,(H,12,13)/t;9-/m.0/s1. The van der Waals surface area contributed by atoms with Crippen molar-refractivity contribution in [1.82, 2.24) is 20.6 Å². The molecule has 2 amide bonds. The lowest BCUT2D eigenvalue weighted by molar-refractivity contribution is 0.0684. The summed E-state index contributed by atoms with van der Waals surface area (Å²) in [6.45, 7) is 3.81. The highest BCUT2D eigenvalue weighted by atomic mass is 16.6. The number of benzene rings is 2. The maximum absolute atomic E-state index is 12.3. The summed E-state index contributed by atoms with van der Waals surface area (Å²) in [6.07, 6.45) is 7.12. The van der Waals surface area contributed by atoms with Crippen molar-refractivity contribution in [2.45, 2.75) is 63.6 Å². The highest BCUT2D eigenvalue weighted by Gasteiger charge is 2.41. The van der Waals surface area contributed by atoms with Gasteiger partial charge in [0.2, 0.25) is 0 Å². The Hall–Kier alpha value is -3.74. The Bertz CT molecular complexity index is 1130.